The van der Waals surface area contributed by atoms with Crippen LogP contribution in [0.1, 0.15) is 46.9 Å². The van der Waals surface area contributed by atoms with E-state index in [0.29, 0.717) is 22.8 Å². The highest BCUT2D eigenvalue weighted by Gasteiger charge is 2.37. The van der Waals surface area contributed by atoms with Crippen LogP contribution in [0.2, 0.25) is 0 Å². The standard InChI is InChI=1S/C22H18F4N4O3S/c1-10-16-8-27-7-13(19(16)20(32)11(2)30(10)33)5-18(31)29-21-28-17(9-34-21)12-3-14(22(24,25)26)6-15(23)4-12/h3-4,6-11,30H,5H2,1-2H3,(H,28,29,31). The minimum atomic E-state index is -4.72. The van der Waals surface area contributed by atoms with Crippen LogP contribution in [0.15, 0.2) is 36.0 Å². The van der Waals surface area contributed by atoms with E-state index in [9.17, 15) is 32.4 Å². The summed E-state index contributed by atoms with van der Waals surface area (Å²) < 4.78 is 52.6. The number of Topliss-reactive ketones (excluding diaryl/α,β-unsaturated/α-hetero) is 1. The minimum absolute atomic E-state index is 0.0698. The first-order valence-corrected chi connectivity index (χ1v) is 11.0. The van der Waals surface area contributed by atoms with E-state index in [-0.39, 0.29) is 33.7 Å². The number of fused-ring (bicyclic) bond motifs is 1. The Kier molecular flexibility index (Phi) is 6.23. The van der Waals surface area contributed by atoms with Crippen LogP contribution in [-0.2, 0) is 17.4 Å². The lowest BCUT2D eigenvalue weighted by Gasteiger charge is -2.39. The predicted octanol–water partition coefficient (Wildman–Crippen LogP) is 3.57. The van der Waals surface area contributed by atoms with Gasteiger partial charge in [0.1, 0.15) is 17.9 Å². The van der Waals surface area contributed by atoms with E-state index in [1.54, 1.807) is 6.92 Å². The fraction of sp³-hybridized carbons (Fsp3) is 0.273. The molecule has 3 unspecified atom stereocenters. The van der Waals surface area contributed by atoms with Crippen molar-refractivity contribution < 1.29 is 32.2 Å². The number of amides is 1. The van der Waals surface area contributed by atoms with Crippen LogP contribution in [0.4, 0.5) is 22.7 Å². The second kappa shape index (κ2) is 8.85. The summed E-state index contributed by atoms with van der Waals surface area (Å²) in [6, 6.07) is 0.756. The zero-order valence-electron chi connectivity index (χ0n) is 17.9. The van der Waals surface area contributed by atoms with Gasteiger partial charge in [0, 0.05) is 34.5 Å². The number of quaternary nitrogens is 1. The Labute approximate surface area is 195 Å². The molecule has 0 saturated heterocycles. The number of thiazole rings is 1. The zero-order chi connectivity index (χ0) is 24.8. The fourth-order valence-electron chi connectivity index (χ4n) is 3.86. The number of pyridine rings is 1. The van der Waals surface area contributed by atoms with Crippen molar-refractivity contribution in [1.82, 2.24) is 9.97 Å². The third-order valence-corrected chi connectivity index (χ3v) is 6.39. The molecule has 1 aliphatic heterocycles. The summed E-state index contributed by atoms with van der Waals surface area (Å²) in [5, 5.41) is 16.1. The van der Waals surface area contributed by atoms with Gasteiger partial charge in [-0.05, 0) is 37.6 Å². The van der Waals surface area contributed by atoms with Crippen molar-refractivity contribution in [2.75, 3.05) is 5.32 Å². The summed E-state index contributed by atoms with van der Waals surface area (Å²) in [5.74, 6) is -1.96. The van der Waals surface area contributed by atoms with Crippen molar-refractivity contribution in [3.63, 3.8) is 0 Å². The topological polar surface area (TPSA) is 99.5 Å². The number of nitrogens with one attached hydrogen (secondary N) is 2. The number of aromatic nitrogens is 2. The molecule has 0 bridgehead atoms. The lowest BCUT2D eigenvalue weighted by atomic mass is 9.87. The van der Waals surface area contributed by atoms with Gasteiger partial charge < -0.3 is 15.6 Å². The van der Waals surface area contributed by atoms with E-state index in [1.807, 2.05) is 0 Å². The Morgan fingerprint density at radius 1 is 1.21 bits per heavy atom. The molecule has 0 spiro atoms. The molecule has 12 heteroatoms. The Bertz CT molecular complexity index is 1280. The van der Waals surface area contributed by atoms with E-state index in [4.69, 9.17) is 0 Å². The zero-order valence-corrected chi connectivity index (χ0v) is 18.7. The molecule has 1 aromatic carbocycles. The van der Waals surface area contributed by atoms with Gasteiger partial charge in [0.2, 0.25) is 11.7 Å². The summed E-state index contributed by atoms with van der Waals surface area (Å²) >= 11 is 0.959. The van der Waals surface area contributed by atoms with E-state index >= 15 is 0 Å². The molecule has 0 aliphatic carbocycles. The van der Waals surface area contributed by atoms with Gasteiger partial charge in [-0.3, -0.25) is 14.6 Å². The third kappa shape index (κ3) is 4.56. The monoisotopic (exact) mass is 494 g/mol. The number of carbonyl (C=O) groups excluding carboxylic acids is 2. The molecular formula is C22H18F4N4O3S. The summed E-state index contributed by atoms with van der Waals surface area (Å²) in [7, 11) is 0. The van der Waals surface area contributed by atoms with Crippen LogP contribution < -0.4 is 10.4 Å². The van der Waals surface area contributed by atoms with Gasteiger partial charge in [0.05, 0.1) is 17.7 Å². The Morgan fingerprint density at radius 3 is 2.65 bits per heavy atom. The second-order valence-electron chi connectivity index (χ2n) is 7.96. The number of hydrogen-bond donors (Lipinski definition) is 2. The fourth-order valence-corrected chi connectivity index (χ4v) is 4.60. The number of rotatable bonds is 4. The van der Waals surface area contributed by atoms with Gasteiger partial charge in [-0.1, -0.05) is 0 Å². The van der Waals surface area contributed by atoms with Crippen LogP contribution in [0.5, 0.6) is 0 Å². The number of nitrogens with zero attached hydrogens (tertiary/aromatic N) is 2. The molecule has 1 aliphatic rings. The molecule has 1 amide bonds. The van der Waals surface area contributed by atoms with Crippen molar-refractivity contribution in [1.29, 1.82) is 0 Å². The van der Waals surface area contributed by atoms with Crippen molar-refractivity contribution >= 4 is 28.2 Å². The van der Waals surface area contributed by atoms with Crippen LogP contribution in [0.25, 0.3) is 11.3 Å². The first kappa shape index (κ1) is 23.9. The number of alkyl halides is 3. The molecule has 7 nitrogen and oxygen atoms in total. The average molecular weight is 494 g/mol. The molecule has 3 atom stereocenters. The lowest BCUT2D eigenvalue weighted by molar-refractivity contribution is -0.895. The largest absolute Gasteiger partial charge is 0.633 e. The molecule has 0 saturated carbocycles. The number of anilines is 1. The van der Waals surface area contributed by atoms with Gasteiger partial charge in [0.25, 0.3) is 0 Å². The number of hydrogen-bond acceptors (Lipinski definition) is 6. The summed E-state index contributed by atoms with van der Waals surface area (Å²) in [5.41, 5.74) is -0.00784. The Hall–Kier alpha value is -3.22. The summed E-state index contributed by atoms with van der Waals surface area (Å²) in [4.78, 5) is 33.5. The molecule has 4 rings (SSSR count). The average Bonchev–Trinajstić information content (AvgIpc) is 3.23. The minimum Gasteiger partial charge on any atom is -0.633 e. The number of halogens is 4. The highest BCUT2D eigenvalue weighted by atomic mass is 32.1. The molecule has 3 heterocycles. The van der Waals surface area contributed by atoms with E-state index in [0.717, 1.165) is 23.5 Å². The first-order valence-electron chi connectivity index (χ1n) is 10.1. The molecule has 2 N–H and O–H groups in total. The van der Waals surface area contributed by atoms with Gasteiger partial charge in [-0.15, -0.1) is 11.3 Å². The number of ketones is 1. The third-order valence-electron chi connectivity index (χ3n) is 5.64. The maximum absolute atomic E-state index is 13.7. The van der Waals surface area contributed by atoms with Crippen LogP contribution >= 0.6 is 11.3 Å². The van der Waals surface area contributed by atoms with Gasteiger partial charge >= 0.3 is 6.18 Å². The normalized spacial score (nSPS) is 20.2. The maximum atomic E-state index is 13.7. The molecule has 2 aromatic heterocycles. The molecule has 34 heavy (non-hydrogen) atoms. The summed E-state index contributed by atoms with van der Waals surface area (Å²) in [6.07, 6.45) is -2.10. The molecular weight excluding hydrogens is 476 g/mol. The predicted molar refractivity (Wildman–Crippen MR) is 116 cm³/mol. The molecule has 178 valence electrons. The first-order chi connectivity index (χ1) is 16.0. The quantitative estimate of drug-likeness (QED) is 0.427. The maximum Gasteiger partial charge on any atom is 0.416 e. The van der Waals surface area contributed by atoms with Gasteiger partial charge in [-0.2, -0.15) is 13.2 Å². The SMILES string of the molecule is CC1C(=O)c2c(CC(=O)Nc3nc(-c4cc(F)cc(C(F)(F)F)c4)cs3)cncc2C(C)[NH+]1[O-]. The van der Waals surface area contributed by atoms with Gasteiger partial charge in [0.15, 0.2) is 5.13 Å². The smallest absolute Gasteiger partial charge is 0.416 e. The highest BCUT2D eigenvalue weighted by molar-refractivity contribution is 7.14. The van der Waals surface area contributed by atoms with E-state index in [1.165, 1.54) is 24.7 Å². The highest BCUT2D eigenvalue weighted by Crippen LogP contribution is 2.34. The lowest BCUT2D eigenvalue weighted by Crippen LogP contribution is -3.13. The van der Waals surface area contributed by atoms with E-state index < -0.39 is 35.5 Å². The molecule has 0 radical (unpaired) electrons. The second-order valence-corrected chi connectivity index (χ2v) is 8.82. The van der Waals surface area contributed by atoms with Crippen molar-refractivity contribution in [3.8, 4) is 11.3 Å². The van der Waals surface area contributed by atoms with E-state index in [2.05, 4.69) is 15.3 Å². The Morgan fingerprint density at radius 2 is 1.94 bits per heavy atom. The number of carbonyl (C=O) groups is 2. The van der Waals surface area contributed by atoms with Gasteiger partial charge in [-0.25, -0.2) is 9.37 Å². The number of hydroxylamine groups is 2. The Balaban J connectivity index is 1.54. The number of benzene rings is 1. The molecule has 0 fully saturated rings. The van der Waals surface area contributed by atoms with Crippen molar-refractivity contribution in [2.45, 2.75) is 38.5 Å². The molecule has 3 aromatic rings. The van der Waals surface area contributed by atoms with Crippen LogP contribution in [-0.4, -0.2) is 27.7 Å². The van der Waals surface area contributed by atoms with Crippen molar-refractivity contribution in [3.05, 3.63) is 69.3 Å². The van der Waals surface area contributed by atoms with Crippen molar-refractivity contribution in [2.24, 2.45) is 0 Å². The summed E-state index contributed by atoms with van der Waals surface area (Å²) in [6.45, 7) is 3.21. The van der Waals surface area contributed by atoms with Crippen LogP contribution in [0.3, 0.4) is 0 Å². The van der Waals surface area contributed by atoms with Crippen LogP contribution in [0, 0.1) is 11.0 Å².